The van der Waals surface area contributed by atoms with E-state index in [1.54, 1.807) is 12.1 Å². The summed E-state index contributed by atoms with van der Waals surface area (Å²) in [6.07, 6.45) is 6.00. The van der Waals surface area contributed by atoms with Crippen molar-refractivity contribution >= 4 is 0 Å². The van der Waals surface area contributed by atoms with Gasteiger partial charge in [0.1, 0.15) is 0 Å². The van der Waals surface area contributed by atoms with Gasteiger partial charge in [0, 0.05) is 37.1 Å². The van der Waals surface area contributed by atoms with E-state index < -0.39 is 0 Å². The molecule has 0 atom stereocenters. The monoisotopic (exact) mass is 208 g/mol. The van der Waals surface area contributed by atoms with E-state index in [-0.39, 0.29) is 5.43 Å². The lowest BCUT2D eigenvalue weighted by atomic mass is 10.3. The number of nitrogens with zero attached hydrogens (tertiary/aromatic N) is 1. The van der Waals surface area contributed by atoms with Crippen LogP contribution in [0.15, 0.2) is 29.3 Å². The average Bonchev–Trinajstić information content (AvgIpc) is 2.20. The molecule has 15 heavy (non-hydrogen) atoms. The van der Waals surface area contributed by atoms with Crippen LogP contribution in [0.4, 0.5) is 0 Å². The molecule has 0 bridgehead atoms. The van der Waals surface area contributed by atoms with Gasteiger partial charge in [-0.2, -0.15) is 0 Å². The first-order valence-corrected chi connectivity index (χ1v) is 5.58. The van der Waals surface area contributed by atoms with Crippen molar-refractivity contribution in [2.45, 2.75) is 39.3 Å². The van der Waals surface area contributed by atoms with Crippen LogP contribution in [0.5, 0.6) is 0 Å². The SMILES string of the molecule is CC(C)NCCCCn1ccc(=O)cc1. The Balaban J connectivity index is 2.15. The third-order valence-electron chi connectivity index (χ3n) is 2.26. The average molecular weight is 208 g/mol. The maximum atomic E-state index is 10.8. The van der Waals surface area contributed by atoms with Crippen LogP contribution in [0.1, 0.15) is 26.7 Å². The van der Waals surface area contributed by atoms with Crippen LogP contribution in [0.3, 0.4) is 0 Å². The number of hydrogen-bond acceptors (Lipinski definition) is 2. The zero-order valence-electron chi connectivity index (χ0n) is 9.57. The molecule has 0 aromatic carbocycles. The molecule has 0 aliphatic carbocycles. The molecule has 0 radical (unpaired) electrons. The molecule has 3 nitrogen and oxygen atoms in total. The highest BCUT2D eigenvalue weighted by Gasteiger charge is 1.93. The smallest absolute Gasteiger partial charge is 0.181 e. The van der Waals surface area contributed by atoms with Crippen LogP contribution in [-0.2, 0) is 6.54 Å². The quantitative estimate of drug-likeness (QED) is 0.721. The fourth-order valence-electron chi connectivity index (χ4n) is 1.40. The maximum Gasteiger partial charge on any atom is 0.181 e. The molecule has 1 heterocycles. The van der Waals surface area contributed by atoms with Gasteiger partial charge in [0.15, 0.2) is 5.43 Å². The minimum Gasteiger partial charge on any atom is -0.354 e. The standard InChI is InChI=1S/C12H20N2O/c1-11(2)13-7-3-4-8-14-9-5-12(15)6-10-14/h5-6,9-11,13H,3-4,7-8H2,1-2H3. The van der Waals surface area contributed by atoms with Crippen LogP contribution < -0.4 is 10.7 Å². The fourth-order valence-corrected chi connectivity index (χ4v) is 1.40. The third-order valence-corrected chi connectivity index (χ3v) is 2.26. The van der Waals surface area contributed by atoms with E-state index in [2.05, 4.69) is 23.7 Å². The Morgan fingerprint density at radius 2 is 1.93 bits per heavy atom. The Hall–Kier alpha value is -1.09. The Labute approximate surface area is 91.1 Å². The minimum absolute atomic E-state index is 0.0766. The normalized spacial score (nSPS) is 10.9. The first kappa shape index (κ1) is 12.0. The Morgan fingerprint density at radius 3 is 2.53 bits per heavy atom. The van der Waals surface area contributed by atoms with E-state index in [9.17, 15) is 4.79 Å². The van der Waals surface area contributed by atoms with Gasteiger partial charge in [0.05, 0.1) is 0 Å². The molecule has 0 spiro atoms. The second-order valence-corrected chi connectivity index (χ2v) is 4.09. The van der Waals surface area contributed by atoms with Gasteiger partial charge in [0.25, 0.3) is 0 Å². The molecule has 1 rings (SSSR count). The van der Waals surface area contributed by atoms with Gasteiger partial charge in [-0.3, -0.25) is 4.79 Å². The molecule has 3 heteroatoms. The van der Waals surface area contributed by atoms with Gasteiger partial charge in [-0.15, -0.1) is 0 Å². The lowest BCUT2D eigenvalue weighted by Crippen LogP contribution is -2.23. The van der Waals surface area contributed by atoms with Crippen LogP contribution in [0.25, 0.3) is 0 Å². The topological polar surface area (TPSA) is 34.0 Å². The molecule has 0 fully saturated rings. The van der Waals surface area contributed by atoms with Gasteiger partial charge in [-0.05, 0) is 19.4 Å². The van der Waals surface area contributed by atoms with E-state index in [0.717, 1.165) is 19.5 Å². The number of pyridine rings is 1. The minimum atomic E-state index is 0.0766. The number of aromatic nitrogens is 1. The summed E-state index contributed by atoms with van der Waals surface area (Å²) in [7, 11) is 0. The summed E-state index contributed by atoms with van der Waals surface area (Å²) in [5, 5.41) is 3.38. The molecule has 0 aliphatic heterocycles. The summed E-state index contributed by atoms with van der Waals surface area (Å²) in [6.45, 7) is 6.36. The fraction of sp³-hybridized carbons (Fsp3) is 0.583. The van der Waals surface area contributed by atoms with E-state index in [0.29, 0.717) is 6.04 Å². The van der Waals surface area contributed by atoms with Gasteiger partial charge in [-0.25, -0.2) is 0 Å². The molecule has 1 aromatic rings. The van der Waals surface area contributed by atoms with E-state index >= 15 is 0 Å². The molecule has 1 N–H and O–H groups in total. The Bertz CT molecular complexity index is 310. The zero-order chi connectivity index (χ0) is 11.1. The van der Waals surface area contributed by atoms with Crippen molar-refractivity contribution < 1.29 is 0 Å². The summed E-state index contributed by atoms with van der Waals surface area (Å²) in [4.78, 5) is 10.8. The summed E-state index contributed by atoms with van der Waals surface area (Å²) in [6, 6.07) is 3.77. The number of unbranched alkanes of at least 4 members (excludes halogenated alkanes) is 1. The highest BCUT2D eigenvalue weighted by atomic mass is 16.1. The first-order chi connectivity index (χ1) is 7.18. The number of hydrogen-bond donors (Lipinski definition) is 1. The predicted molar refractivity (Wildman–Crippen MR) is 63.1 cm³/mol. The summed E-state index contributed by atoms with van der Waals surface area (Å²) < 4.78 is 2.05. The lowest BCUT2D eigenvalue weighted by Gasteiger charge is -2.08. The van der Waals surface area contributed by atoms with Gasteiger partial charge >= 0.3 is 0 Å². The Kier molecular flexibility index (Phi) is 5.12. The van der Waals surface area contributed by atoms with Crippen molar-refractivity contribution in [2.75, 3.05) is 6.54 Å². The number of aryl methyl sites for hydroxylation is 1. The number of nitrogens with one attached hydrogen (secondary N) is 1. The maximum absolute atomic E-state index is 10.8. The van der Waals surface area contributed by atoms with Crippen LogP contribution >= 0.6 is 0 Å². The van der Waals surface area contributed by atoms with E-state index in [1.807, 2.05) is 12.4 Å². The van der Waals surface area contributed by atoms with Crippen LogP contribution in [0.2, 0.25) is 0 Å². The van der Waals surface area contributed by atoms with Crippen LogP contribution in [0, 0.1) is 0 Å². The second kappa shape index (κ2) is 6.40. The first-order valence-electron chi connectivity index (χ1n) is 5.58. The van der Waals surface area contributed by atoms with E-state index in [1.165, 1.54) is 6.42 Å². The zero-order valence-corrected chi connectivity index (χ0v) is 9.57. The molecule has 0 saturated carbocycles. The molecular formula is C12H20N2O. The Morgan fingerprint density at radius 1 is 1.27 bits per heavy atom. The van der Waals surface area contributed by atoms with Crippen molar-refractivity contribution in [3.8, 4) is 0 Å². The molecule has 0 saturated heterocycles. The van der Waals surface area contributed by atoms with Gasteiger partial charge in [0.2, 0.25) is 0 Å². The highest BCUT2D eigenvalue weighted by molar-refractivity contribution is 4.93. The molecule has 0 aliphatic rings. The van der Waals surface area contributed by atoms with Crippen molar-refractivity contribution in [1.82, 2.24) is 9.88 Å². The summed E-state index contributed by atoms with van der Waals surface area (Å²) in [5.41, 5.74) is 0.0766. The van der Waals surface area contributed by atoms with Crippen molar-refractivity contribution in [3.63, 3.8) is 0 Å². The van der Waals surface area contributed by atoms with Crippen LogP contribution in [-0.4, -0.2) is 17.2 Å². The van der Waals surface area contributed by atoms with Crippen molar-refractivity contribution in [1.29, 1.82) is 0 Å². The molecule has 1 aromatic heterocycles. The van der Waals surface area contributed by atoms with Crippen molar-refractivity contribution in [2.24, 2.45) is 0 Å². The molecular weight excluding hydrogens is 188 g/mol. The summed E-state index contributed by atoms with van der Waals surface area (Å²) >= 11 is 0. The van der Waals surface area contributed by atoms with Gasteiger partial charge in [-0.1, -0.05) is 13.8 Å². The highest BCUT2D eigenvalue weighted by Crippen LogP contribution is 1.94. The summed E-state index contributed by atoms with van der Waals surface area (Å²) in [5.74, 6) is 0. The van der Waals surface area contributed by atoms with E-state index in [4.69, 9.17) is 0 Å². The molecule has 0 unspecified atom stereocenters. The van der Waals surface area contributed by atoms with Crippen molar-refractivity contribution in [3.05, 3.63) is 34.7 Å². The molecule has 84 valence electrons. The lowest BCUT2D eigenvalue weighted by molar-refractivity contribution is 0.530. The largest absolute Gasteiger partial charge is 0.354 e. The molecule has 0 amide bonds. The second-order valence-electron chi connectivity index (χ2n) is 4.09. The third kappa shape index (κ3) is 5.37. The number of rotatable bonds is 6. The van der Waals surface area contributed by atoms with Gasteiger partial charge < -0.3 is 9.88 Å². The predicted octanol–water partition coefficient (Wildman–Crippen LogP) is 1.63.